The molecule has 0 saturated carbocycles. The molecule has 1 aliphatic heterocycles. The number of para-hydroxylation sites is 1. The molecule has 2 unspecified atom stereocenters. The van der Waals surface area contributed by atoms with Gasteiger partial charge in [-0.3, -0.25) is 4.79 Å². The van der Waals surface area contributed by atoms with Gasteiger partial charge < -0.3 is 15.5 Å². The molecule has 1 aromatic heterocycles. The molecule has 0 aliphatic carbocycles. The van der Waals surface area contributed by atoms with Crippen molar-refractivity contribution in [2.75, 3.05) is 30.4 Å². The van der Waals surface area contributed by atoms with Crippen molar-refractivity contribution in [1.29, 1.82) is 0 Å². The summed E-state index contributed by atoms with van der Waals surface area (Å²) in [5.41, 5.74) is 11.0. The number of carbonyl (C=O) groups is 1. The van der Waals surface area contributed by atoms with E-state index in [1.807, 2.05) is 106 Å². The largest absolute Gasteiger partial charge is 0.491 e. The zero-order valence-electron chi connectivity index (χ0n) is 26.4. The van der Waals surface area contributed by atoms with Crippen LogP contribution in [0.5, 0.6) is 5.75 Å². The summed E-state index contributed by atoms with van der Waals surface area (Å²) in [6, 6.07) is 21.4. The second-order valence-electron chi connectivity index (χ2n) is 11.7. The number of fused-ring (bicyclic) bond motifs is 1. The molecule has 3 aromatic carbocycles. The first kappa shape index (κ1) is 33.2. The molecule has 5 rings (SSSR count). The van der Waals surface area contributed by atoms with Crippen LogP contribution in [0.1, 0.15) is 59.0 Å². The van der Waals surface area contributed by atoms with Gasteiger partial charge in [0.1, 0.15) is 28.3 Å². The fraction of sp³-hybridized carbons (Fsp3) is 0.353. The number of hydrazine groups is 1. The highest BCUT2D eigenvalue weighted by molar-refractivity contribution is 8.13. The van der Waals surface area contributed by atoms with E-state index in [9.17, 15) is 9.00 Å². The summed E-state index contributed by atoms with van der Waals surface area (Å²) in [6.07, 6.45) is 0. The van der Waals surface area contributed by atoms with Crippen LogP contribution in [0.15, 0.2) is 71.6 Å². The summed E-state index contributed by atoms with van der Waals surface area (Å²) >= 11 is 2.91. The summed E-state index contributed by atoms with van der Waals surface area (Å²) < 4.78 is 21.4. The van der Waals surface area contributed by atoms with Gasteiger partial charge in [-0.05, 0) is 55.7 Å². The van der Waals surface area contributed by atoms with Crippen molar-refractivity contribution in [3.05, 3.63) is 99.0 Å². The number of anilines is 2. The second kappa shape index (κ2) is 14.0. The van der Waals surface area contributed by atoms with Crippen LogP contribution in [0.3, 0.4) is 0 Å². The second-order valence-corrected chi connectivity index (χ2v) is 15.3. The number of carbonyl (C=O) groups excluding carboxylic acids is 1. The third kappa shape index (κ3) is 6.97. The number of benzene rings is 3. The molecule has 4 N–H and O–H groups in total. The van der Waals surface area contributed by atoms with Crippen molar-refractivity contribution < 1.29 is 13.7 Å². The minimum absolute atomic E-state index is 0.0733. The molecule has 0 saturated heterocycles. The number of thioether (sulfide) groups is 1. The van der Waals surface area contributed by atoms with Crippen LogP contribution in [-0.2, 0) is 28.1 Å². The molecule has 45 heavy (non-hydrogen) atoms. The molecule has 8 nitrogen and oxygen atoms in total. The normalized spacial score (nSPS) is 16.0. The molecule has 0 radical (unpaired) electrons. The van der Waals surface area contributed by atoms with Gasteiger partial charge in [0, 0.05) is 35.1 Å². The number of nitrogens with two attached hydrogens (primary N) is 2. The van der Waals surface area contributed by atoms with Crippen LogP contribution in [0, 0.1) is 19.3 Å². The molecule has 0 spiro atoms. The van der Waals surface area contributed by atoms with Crippen LogP contribution in [0.25, 0.3) is 0 Å². The van der Waals surface area contributed by atoms with E-state index in [0.29, 0.717) is 48.3 Å². The Balaban J connectivity index is 1.52. The molecule has 2 atom stereocenters. The lowest BCUT2D eigenvalue weighted by atomic mass is 9.74. The van der Waals surface area contributed by atoms with Crippen molar-refractivity contribution in [1.82, 2.24) is 9.29 Å². The van der Waals surface area contributed by atoms with Crippen LogP contribution in [-0.4, -0.2) is 38.3 Å². The summed E-state index contributed by atoms with van der Waals surface area (Å²) in [5, 5.41) is 2.53. The van der Waals surface area contributed by atoms with E-state index in [0.717, 1.165) is 38.0 Å². The fourth-order valence-electron chi connectivity index (χ4n) is 5.54. The van der Waals surface area contributed by atoms with Gasteiger partial charge in [-0.2, -0.15) is 0 Å². The molecule has 1 aliphatic rings. The highest BCUT2D eigenvalue weighted by Crippen LogP contribution is 2.48. The van der Waals surface area contributed by atoms with Crippen molar-refractivity contribution >= 4 is 50.6 Å². The first-order valence-corrected chi connectivity index (χ1v) is 17.9. The maximum atomic E-state index is 14.1. The quantitative estimate of drug-likeness (QED) is 0.111. The number of nitrogen functional groups attached to an aromatic ring is 1. The number of hydrogen-bond donors (Lipinski definition) is 2. The van der Waals surface area contributed by atoms with Crippen LogP contribution < -0.4 is 21.3 Å². The van der Waals surface area contributed by atoms with Gasteiger partial charge in [0.05, 0.1) is 28.5 Å². The molecule has 11 heteroatoms. The first-order chi connectivity index (χ1) is 21.5. The zero-order chi connectivity index (χ0) is 32.3. The number of aryl methyl sites for hydroxylation is 1. The lowest BCUT2D eigenvalue weighted by Crippen LogP contribution is -2.33. The fourth-order valence-corrected chi connectivity index (χ4v) is 9.01. The van der Waals surface area contributed by atoms with Crippen LogP contribution >= 0.6 is 23.1 Å². The summed E-state index contributed by atoms with van der Waals surface area (Å²) in [6.45, 7) is 11.9. The van der Waals surface area contributed by atoms with Crippen molar-refractivity contribution in [3.63, 3.8) is 0 Å². The molecule has 0 bridgehead atoms. The van der Waals surface area contributed by atoms with E-state index in [-0.39, 0.29) is 11.0 Å². The summed E-state index contributed by atoms with van der Waals surface area (Å²) in [7, 11) is -1.39. The standard InChI is InChI=1S/C34H41N5O3S3/c1-6-39(36)27-17-16-25(22(2)31(27)35)30(34(4,5)33(40)43-21-24-12-8-7-9-13-24)32-37-26(23(3)44-32)20-38-18-19-42-28-14-10-11-15-29(28)45(38)41/h7-17,30H,6,18-21,35-36H2,1-5H3. The third-order valence-electron chi connectivity index (χ3n) is 8.31. The van der Waals surface area contributed by atoms with Crippen LogP contribution in [0.4, 0.5) is 11.4 Å². The zero-order valence-corrected chi connectivity index (χ0v) is 28.9. The Labute approximate surface area is 276 Å². The van der Waals surface area contributed by atoms with Crippen molar-refractivity contribution in [2.45, 2.75) is 57.7 Å². The first-order valence-electron chi connectivity index (χ1n) is 15.0. The molecule has 0 fully saturated rings. The number of rotatable bonds is 10. The van der Waals surface area contributed by atoms with E-state index in [1.54, 1.807) is 16.3 Å². The molecule has 2 heterocycles. The van der Waals surface area contributed by atoms with Gasteiger partial charge in [0.2, 0.25) is 0 Å². The SMILES string of the molecule is CCN(N)c1ccc(C(c2nc(CN3CCOc4ccccc4S3=O)c(C)s2)C(C)(C)C(=O)SCc2ccccc2)c(C)c1N. The number of hydrogen-bond acceptors (Lipinski definition) is 9. The Kier molecular flexibility index (Phi) is 10.3. The summed E-state index contributed by atoms with van der Waals surface area (Å²) in [5.74, 6) is 7.11. The molecule has 4 aromatic rings. The van der Waals surface area contributed by atoms with Gasteiger partial charge >= 0.3 is 0 Å². The van der Waals surface area contributed by atoms with Gasteiger partial charge in [-0.15, -0.1) is 11.3 Å². The van der Waals surface area contributed by atoms with E-state index in [2.05, 4.69) is 0 Å². The number of aromatic nitrogens is 1. The Bertz CT molecular complexity index is 1690. The number of thiazole rings is 1. The Morgan fingerprint density at radius 3 is 2.58 bits per heavy atom. The smallest absolute Gasteiger partial charge is 0.195 e. The minimum Gasteiger partial charge on any atom is -0.491 e. The van der Waals surface area contributed by atoms with Crippen molar-refractivity contribution in [2.24, 2.45) is 11.3 Å². The third-order valence-corrected chi connectivity index (χ3v) is 12.1. The number of ether oxygens (including phenoxy) is 1. The molecule has 238 valence electrons. The minimum atomic E-state index is -1.39. The predicted octanol–water partition coefficient (Wildman–Crippen LogP) is 6.58. The van der Waals surface area contributed by atoms with Gasteiger partial charge in [-0.1, -0.05) is 74.1 Å². The summed E-state index contributed by atoms with van der Waals surface area (Å²) in [4.78, 5) is 20.9. The highest BCUT2D eigenvalue weighted by Gasteiger charge is 2.42. The lowest BCUT2D eigenvalue weighted by Gasteiger charge is -2.33. The Morgan fingerprint density at radius 2 is 1.84 bits per heavy atom. The topological polar surface area (TPSA) is 115 Å². The molecule has 0 amide bonds. The average molecular weight is 664 g/mol. The monoisotopic (exact) mass is 663 g/mol. The average Bonchev–Trinajstić information content (AvgIpc) is 3.31. The molecular weight excluding hydrogens is 623 g/mol. The predicted molar refractivity (Wildman–Crippen MR) is 187 cm³/mol. The van der Waals surface area contributed by atoms with E-state index >= 15 is 0 Å². The maximum absolute atomic E-state index is 14.1. The Morgan fingerprint density at radius 1 is 1.13 bits per heavy atom. The van der Waals surface area contributed by atoms with E-state index in [4.69, 9.17) is 21.3 Å². The van der Waals surface area contributed by atoms with Crippen molar-refractivity contribution in [3.8, 4) is 5.75 Å². The van der Waals surface area contributed by atoms with E-state index < -0.39 is 16.4 Å². The van der Waals surface area contributed by atoms with Gasteiger partial charge in [0.25, 0.3) is 0 Å². The van der Waals surface area contributed by atoms with Gasteiger partial charge in [-0.25, -0.2) is 19.3 Å². The maximum Gasteiger partial charge on any atom is 0.195 e. The number of nitrogens with zero attached hydrogens (tertiary/aromatic N) is 3. The lowest BCUT2D eigenvalue weighted by molar-refractivity contribution is -0.118. The van der Waals surface area contributed by atoms with E-state index in [1.165, 1.54) is 11.8 Å². The molecular formula is C34H41N5O3S3. The van der Waals surface area contributed by atoms with Crippen LogP contribution in [0.2, 0.25) is 0 Å². The van der Waals surface area contributed by atoms with Gasteiger partial charge in [0.15, 0.2) is 5.12 Å². The highest BCUT2D eigenvalue weighted by atomic mass is 32.2. The Hall–Kier alpha value is -3.22.